The Labute approximate surface area is 161 Å². The van der Waals surface area contributed by atoms with Gasteiger partial charge >= 0.3 is 5.97 Å². The molecule has 0 spiro atoms. The SMILES string of the molecule is O=C1OCC(c2ccncc2)=C1c1ccc(OCc2ccccn2)cc1Cl. The molecule has 2 aromatic heterocycles. The summed E-state index contributed by atoms with van der Waals surface area (Å²) < 4.78 is 11.0. The summed E-state index contributed by atoms with van der Waals surface area (Å²) in [4.78, 5) is 20.5. The van der Waals surface area contributed by atoms with Crippen LogP contribution in [0.1, 0.15) is 16.8 Å². The molecule has 1 aromatic carbocycles. The first-order chi connectivity index (χ1) is 13.2. The Morgan fingerprint density at radius 3 is 2.67 bits per heavy atom. The molecule has 0 radical (unpaired) electrons. The summed E-state index contributed by atoms with van der Waals surface area (Å²) in [5, 5.41) is 0.425. The topological polar surface area (TPSA) is 61.3 Å². The van der Waals surface area contributed by atoms with Crippen molar-refractivity contribution in [3.05, 3.63) is 89.0 Å². The third kappa shape index (κ3) is 3.68. The molecular weight excluding hydrogens is 364 g/mol. The molecule has 0 unspecified atom stereocenters. The second-order valence-electron chi connectivity index (χ2n) is 5.92. The molecule has 0 saturated heterocycles. The zero-order valence-electron chi connectivity index (χ0n) is 14.3. The number of hydrogen-bond donors (Lipinski definition) is 0. The van der Waals surface area contributed by atoms with Gasteiger partial charge in [-0.2, -0.15) is 0 Å². The van der Waals surface area contributed by atoms with Gasteiger partial charge in [0.2, 0.25) is 0 Å². The van der Waals surface area contributed by atoms with Crippen molar-refractivity contribution in [2.45, 2.75) is 6.61 Å². The Balaban J connectivity index is 1.62. The number of benzene rings is 1. The molecule has 1 aliphatic heterocycles. The molecule has 0 N–H and O–H groups in total. The lowest BCUT2D eigenvalue weighted by atomic mass is 9.97. The number of pyridine rings is 2. The van der Waals surface area contributed by atoms with Crippen LogP contribution in [0.5, 0.6) is 5.75 Å². The second kappa shape index (κ2) is 7.60. The fourth-order valence-corrected chi connectivity index (χ4v) is 3.15. The number of halogens is 1. The molecular formula is C21H15ClN2O3. The Morgan fingerprint density at radius 1 is 1.07 bits per heavy atom. The maximum Gasteiger partial charge on any atom is 0.339 e. The van der Waals surface area contributed by atoms with Crippen molar-refractivity contribution in [3.63, 3.8) is 0 Å². The predicted molar refractivity (Wildman–Crippen MR) is 102 cm³/mol. The van der Waals surface area contributed by atoms with E-state index in [9.17, 15) is 4.79 Å². The van der Waals surface area contributed by atoms with Gasteiger partial charge in [-0.1, -0.05) is 17.7 Å². The van der Waals surface area contributed by atoms with Gasteiger partial charge in [0.15, 0.2) is 0 Å². The first-order valence-electron chi connectivity index (χ1n) is 8.35. The number of aromatic nitrogens is 2. The van der Waals surface area contributed by atoms with Crippen LogP contribution in [0.3, 0.4) is 0 Å². The Bertz CT molecular complexity index is 1000. The minimum absolute atomic E-state index is 0.215. The second-order valence-corrected chi connectivity index (χ2v) is 6.32. The summed E-state index contributed by atoms with van der Waals surface area (Å²) in [6.45, 7) is 0.552. The standard InChI is InChI=1S/C21H15ClN2O3/c22-19-11-16(26-12-15-3-1-2-8-24-15)4-5-17(19)20-18(13-27-21(20)25)14-6-9-23-10-7-14/h1-11H,12-13H2. The van der Waals surface area contributed by atoms with E-state index < -0.39 is 0 Å². The molecule has 0 saturated carbocycles. The van der Waals surface area contributed by atoms with E-state index >= 15 is 0 Å². The Hall–Kier alpha value is -3.18. The highest BCUT2D eigenvalue weighted by Gasteiger charge is 2.28. The van der Waals surface area contributed by atoms with Gasteiger partial charge in [0, 0.05) is 29.7 Å². The van der Waals surface area contributed by atoms with Crippen molar-refractivity contribution in [1.29, 1.82) is 0 Å². The normalized spacial score (nSPS) is 13.6. The van der Waals surface area contributed by atoms with Gasteiger partial charge in [-0.3, -0.25) is 9.97 Å². The van der Waals surface area contributed by atoms with Gasteiger partial charge in [0.25, 0.3) is 0 Å². The van der Waals surface area contributed by atoms with E-state index in [4.69, 9.17) is 21.1 Å². The van der Waals surface area contributed by atoms with Crippen LogP contribution < -0.4 is 4.74 Å². The van der Waals surface area contributed by atoms with Crippen LogP contribution in [0.15, 0.2) is 67.1 Å². The van der Waals surface area contributed by atoms with Crippen molar-refractivity contribution < 1.29 is 14.3 Å². The molecule has 0 fully saturated rings. The van der Waals surface area contributed by atoms with Crippen LogP contribution in [-0.4, -0.2) is 22.5 Å². The van der Waals surface area contributed by atoms with Crippen LogP contribution in [0.2, 0.25) is 5.02 Å². The molecule has 1 aliphatic rings. The van der Waals surface area contributed by atoms with Gasteiger partial charge in [0.05, 0.1) is 16.3 Å². The van der Waals surface area contributed by atoms with E-state index in [0.717, 1.165) is 16.8 Å². The van der Waals surface area contributed by atoms with E-state index in [1.807, 2.05) is 30.3 Å². The number of cyclic esters (lactones) is 1. The molecule has 27 heavy (non-hydrogen) atoms. The van der Waals surface area contributed by atoms with Crippen molar-refractivity contribution in [1.82, 2.24) is 9.97 Å². The first-order valence-corrected chi connectivity index (χ1v) is 8.73. The fourth-order valence-electron chi connectivity index (χ4n) is 2.89. The number of rotatable bonds is 5. The summed E-state index contributed by atoms with van der Waals surface area (Å²) in [5.74, 6) is 0.220. The first kappa shape index (κ1) is 17.2. The van der Waals surface area contributed by atoms with Gasteiger partial charge in [-0.15, -0.1) is 0 Å². The minimum Gasteiger partial charge on any atom is -0.487 e. The maximum absolute atomic E-state index is 12.3. The van der Waals surface area contributed by atoms with Gasteiger partial charge in [-0.05, 0) is 48.0 Å². The largest absolute Gasteiger partial charge is 0.487 e. The monoisotopic (exact) mass is 378 g/mol. The lowest BCUT2D eigenvalue weighted by Crippen LogP contribution is -2.01. The van der Waals surface area contributed by atoms with Gasteiger partial charge in [-0.25, -0.2) is 4.79 Å². The number of ether oxygens (including phenoxy) is 2. The third-order valence-corrected chi connectivity index (χ3v) is 4.52. The summed E-state index contributed by atoms with van der Waals surface area (Å²) in [5.41, 5.74) is 3.60. The average Bonchev–Trinajstić information content (AvgIpc) is 3.09. The zero-order chi connectivity index (χ0) is 18.6. The average molecular weight is 379 g/mol. The van der Waals surface area contributed by atoms with Crippen molar-refractivity contribution in [3.8, 4) is 5.75 Å². The number of carbonyl (C=O) groups is 1. The number of esters is 1. The van der Waals surface area contributed by atoms with E-state index in [2.05, 4.69) is 9.97 Å². The van der Waals surface area contributed by atoms with E-state index in [1.165, 1.54) is 0 Å². The lowest BCUT2D eigenvalue weighted by molar-refractivity contribution is -0.133. The smallest absolute Gasteiger partial charge is 0.339 e. The Kier molecular flexibility index (Phi) is 4.85. The molecule has 4 rings (SSSR count). The molecule has 3 aromatic rings. The highest BCUT2D eigenvalue weighted by molar-refractivity contribution is 6.37. The number of carbonyl (C=O) groups excluding carboxylic acids is 1. The summed E-state index contributed by atoms with van der Waals surface area (Å²) in [6.07, 6.45) is 5.07. The van der Waals surface area contributed by atoms with Crippen LogP contribution in [-0.2, 0) is 16.1 Å². The molecule has 0 aliphatic carbocycles. The van der Waals surface area contributed by atoms with E-state index in [0.29, 0.717) is 28.5 Å². The molecule has 0 atom stereocenters. The van der Waals surface area contributed by atoms with Crippen molar-refractivity contribution in [2.24, 2.45) is 0 Å². The highest BCUT2D eigenvalue weighted by Crippen LogP contribution is 2.37. The molecule has 0 amide bonds. The quantitative estimate of drug-likeness (QED) is 0.623. The van der Waals surface area contributed by atoms with Gasteiger partial charge < -0.3 is 9.47 Å². The molecule has 134 valence electrons. The van der Waals surface area contributed by atoms with Crippen molar-refractivity contribution >= 4 is 28.7 Å². The fraction of sp³-hybridized carbons (Fsp3) is 0.0952. The third-order valence-electron chi connectivity index (χ3n) is 4.21. The number of hydrogen-bond acceptors (Lipinski definition) is 5. The van der Waals surface area contributed by atoms with Crippen LogP contribution in [0, 0.1) is 0 Å². The molecule has 0 bridgehead atoms. The van der Waals surface area contributed by atoms with Crippen LogP contribution in [0.25, 0.3) is 11.1 Å². The predicted octanol–water partition coefficient (Wildman–Crippen LogP) is 4.18. The molecule has 3 heterocycles. The lowest BCUT2D eigenvalue weighted by Gasteiger charge is -2.10. The van der Waals surface area contributed by atoms with Crippen molar-refractivity contribution in [2.75, 3.05) is 6.61 Å². The Morgan fingerprint density at radius 2 is 1.93 bits per heavy atom. The maximum atomic E-state index is 12.3. The summed E-state index contributed by atoms with van der Waals surface area (Å²) >= 11 is 6.46. The van der Waals surface area contributed by atoms with Gasteiger partial charge in [0.1, 0.15) is 19.0 Å². The molecule has 5 nitrogen and oxygen atoms in total. The minimum atomic E-state index is -0.383. The summed E-state index contributed by atoms with van der Waals surface area (Å²) in [7, 11) is 0. The highest BCUT2D eigenvalue weighted by atomic mass is 35.5. The number of nitrogens with zero attached hydrogens (tertiary/aromatic N) is 2. The van der Waals surface area contributed by atoms with E-state index in [-0.39, 0.29) is 12.6 Å². The molecule has 6 heteroatoms. The van der Waals surface area contributed by atoms with Crippen LogP contribution in [0.4, 0.5) is 0 Å². The van der Waals surface area contributed by atoms with E-state index in [1.54, 1.807) is 36.8 Å². The zero-order valence-corrected chi connectivity index (χ0v) is 15.0. The summed E-state index contributed by atoms with van der Waals surface area (Å²) in [6, 6.07) is 14.6. The van der Waals surface area contributed by atoms with Crippen LogP contribution >= 0.6 is 11.6 Å².